The van der Waals surface area contributed by atoms with Crippen molar-refractivity contribution in [2.45, 2.75) is 25.3 Å². The standard InChI is InChI=1S/C14H18N2O4/c1-20-12-6-9(4-5-10(12)14(18)19)16-13(17)7-11(15)8-2-3-8/h4-6,8,11H,2-3,7,15H2,1H3,(H,16,17)(H,18,19). The highest BCUT2D eigenvalue weighted by Crippen LogP contribution is 2.33. The number of nitrogens with one attached hydrogen (secondary N) is 1. The lowest BCUT2D eigenvalue weighted by molar-refractivity contribution is -0.116. The van der Waals surface area contributed by atoms with E-state index in [4.69, 9.17) is 15.6 Å². The first kappa shape index (κ1) is 14.3. The molecule has 1 aromatic carbocycles. The molecule has 1 fully saturated rings. The second-order valence-electron chi connectivity index (χ2n) is 4.97. The van der Waals surface area contributed by atoms with E-state index in [1.165, 1.54) is 25.3 Å². The van der Waals surface area contributed by atoms with E-state index in [0.29, 0.717) is 11.6 Å². The number of hydrogen-bond acceptors (Lipinski definition) is 4. The number of benzene rings is 1. The second-order valence-corrected chi connectivity index (χ2v) is 4.97. The normalized spacial score (nSPS) is 15.5. The van der Waals surface area contributed by atoms with E-state index in [0.717, 1.165) is 12.8 Å². The number of hydrogen-bond donors (Lipinski definition) is 3. The molecular formula is C14H18N2O4. The fourth-order valence-corrected chi connectivity index (χ4v) is 2.06. The lowest BCUT2D eigenvalue weighted by Gasteiger charge is -2.12. The summed E-state index contributed by atoms with van der Waals surface area (Å²) in [6.45, 7) is 0. The molecule has 108 valence electrons. The first-order valence-corrected chi connectivity index (χ1v) is 6.48. The summed E-state index contributed by atoms with van der Waals surface area (Å²) in [6.07, 6.45) is 2.46. The Morgan fingerprint density at radius 3 is 2.75 bits per heavy atom. The van der Waals surface area contributed by atoms with Crippen molar-refractivity contribution in [1.82, 2.24) is 0 Å². The monoisotopic (exact) mass is 278 g/mol. The van der Waals surface area contributed by atoms with Crippen molar-refractivity contribution in [2.24, 2.45) is 11.7 Å². The quantitative estimate of drug-likeness (QED) is 0.731. The van der Waals surface area contributed by atoms with Gasteiger partial charge in [0.2, 0.25) is 5.91 Å². The van der Waals surface area contributed by atoms with Crippen LogP contribution in [-0.4, -0.2) is 30.1 Å². The number of carboxylic acid groups (broad SMARTS) is 1. The van der Waals surface area contributed by atoms with Crippen LogP contribution < -0.4 is 15.8 Å². The number of carboxylic acids is 1. The molecule has 1 amide bonds. The lowest BCUT2D eigenvalue weighted by Crippen LogP contribution is -2.28. The topological polar surface area (TPSA) is 102 Å². The minimum Gasteiger partial charge on any atom is -0.496 e. The Balaban J connectivity index is 2.01. The maximum Gasteiger partial charge on any atom is 0.339 e. The SMILES string of the molecule is COc1cc(NC(=O)CC(N)C2CC2)ccc1C(=O)O. The van der Waals surface area contributed by atoms with E-state index >= 15 is 0 Å². The molecule has 4 N–H and O–H groups in total. The van der Waals surface area contributed by atoms with Gasteiger partial charge >= 0.3 is 5.97 Å². The van der Waals surface area contributed by atoms with E-state index in [1.807, 2.05) is 0 Å². The number of nitrogens with two attached hydrogens (primary N) is 1. The zero-order valence-corrected chi connectivity index (χ0v) is 11.3. The molecule has 6 heteroatoms. The van der Waals surface area contributed by atoms with Crippen LogP contribution in [-0.2, 0) is 4.79 Å². The highest BCUT2D eigenvalue weighted by Gasteiger charge is 2.29. The van der Waals surface area contributed by atoms with Crippen molar-refractivity contribution in [3.63, 3.8) is 0 Å². The summed E-state index contributed by atoms with van der Waals surface area (Å²) < 4.78 is 5.00. The Kier molecular flexibility index (Phi) is 4.24. The molecule has 1 saturated carbocycles. The van der Waals surface area contributed by atoms with Crippen LogP contribution in [0.3, 0.4) is 0 Å². The number of ether oxygens (including phenoxy) is 1. The zero-order chi connectivity index (χ0) is 14.7. The number of carbonyl (C=O) groups excluding carboxylic acids is 1. The number of anilines is 1. The minimum atomic E-state index is -1.07. The predicted octanol–water partition coefficient (Wildman–Crippen LogP) is 1.46. The van der Waals surface area contributed by atoms with E-state index in [2.05, 4.69) is 5.32 Å². The summed E-state index contributed by atoms with van der Waals surface area (Å²) in [5.74, 6) is -0.573. The van der Waals surface area contributed by atoms with Crippen LogP contribution in [0.4, 0.5) is 5.69 Å². The van der Waals surface area contributed by atoms with E-state index < -0.39 is 5.97 Å². The first-order valence-electron chi connectivity index (χ1n) is 6.48. The third kappa shape index (κ3) is 3.48. The molecule has 2 rings (SSSR count). The molecule has 0 radical (unpaired) electrons. The molecule has 0 heterocycles. The molecule has 0 aliphatic heterocycles. The molecular weight excluding hydrogens is 260 g/mol. The van der Waals surface area contributed by atoms with Crippen molar-refractivity contribution in [1.29, 1.82) is 0 Å². The maximum absolute atomic E-state index is 11.8. The number of methoxy groups -OCH3 is 1. The van der Waals surface area contributed by atoms with Gasteiger partial charge in [0, 0.05) is 24.2 Å². The van der Waals surface area contributed by atoms with Gasteiger partial charge in [0.05, 0.1) is 7.11 Å². The molecule has 0 bridgehead atoms. The third-order valence-corrected chi connectivity index (χ3v) is 3.36. The van der Waals surface area contributed by atoms with Crippen molar-refractivity contribution >= 4 is 17.6 Å². The summed E-state index contributed by atoms with van der Waals surface area (Å²) in [5, 5.41) is 11.7. The van der Waals surface area contributed by atoms with E-state index in [9.17, 15) is 9.59 Å². The van der Waals surface area contributed by atoms with Crippen molar-refractivity contribution < 1.29 is 19.4 Å². The van der Waals surface area contributed by atoms with Gasteiger partial charge in [-0.15, -0.1) is 0 Å². The lowest BCUT2D eigenvalue weighted by atomic mass is 10.1. The van der Waals surface area contributed by atoms with Gasteiger partial charge in [-0.25, -0.2) is 4.79 Å². The average molecular weight is 278 g/mol. The Morgan fingerprint density at radius 1 is 1.50 bits per heavy atom. The Hall–Kier alpha value is -2.08. The molecule has 1 aliphatic carbocycles. The summed E-state index contributed by atoms with van der Waals surface area (Å²) in [6, 6.07) is 4.32. The second kappa shape index (κ2) is 5.92. The molecule has 1 aliphatic rings. The van der Waals surface area contributed by atoms with Crippen LogP contribution in [0.15, 0.2) is 18.2 Å². The van der Waals surface area contributed by atoms with Gasteiger partial charge in [-0.3, -0.25) is 4.79 Å². The highest BCUT2D eigenvalue weighted by molar-refractivity contribution is 5.94. The van der Waals surface area contributed by atoms with Crippen LogP contribution in [0.5, 0.6) is 5.75 Å². The van der Waals surface area contributed by atoms with Gasteiger partial charge in [0.1, 0.15) is 11.3 Å². The van der Waals surface area contributed by atoms with Gasteiger partial charge in [-0.05, 0) is 30.9 Å². The molecule has 20 heavy (non-hydrogen) atoms. The highest BCUT2D eigenvalue weighted by atomic mass is 16.5. The first-order chi connectivity index (χ1) is 9.51. The molecule has 6 nitrogen and oxygen atoms in total. The van der Waals surface area contributed by atoms with Gasteiger partial charge in [-0.2, -0.15) is 0 Å². The summed E-state index contributed by atoms with van der Waals surface area (Å²) in [4.78, 5) is 22.8. The molecule has 1 unspecified atom stereocenters. The smallest absolute Gasteiger partial charge is 0.339 e. The fourth-order valence-electron chi connectivity index (χ4n) is 2.06. The van der Waals surface area contributed by atoms with Gasteiger partial charge in [0.15, 0.2) is 0 Å². The maximum atomic E-state index is 11.8. The Bertz CT molecular complexity index is 526. The molecule has 0 spiro atoms. The van der Waals surface area contributed by atoms with Crippen LogP contribution in [0.1, 0.15) is 29.6 Å². The van der Waals surface area contributed by atoms with E-state index in [-0.39, 0.29) is 29.7 Å². The third-order valence-electron chi connectivity index (χ3n) is 3.36. The van der Waals surface area contributed by atoms with Crippen LogP contribution >= 0.6 is 0 Å². The van der Waals surface area contributed by atoms with Crippen molar-refractivity contribution in [3.05, 3.63) is 23.8 Å². The molecule has 1 atom stereocenters. The number of carbonyl (C=O) groups is 2. The zero-order valence-electron chi connectivity index (χ0n) is 11.3. The van der Waals surface area contributed by atoms with Crippen molar-refractivity contribution in [3.8, 4) is 5.75 Å². The van der Waals surface area contributed by atoms with Crippen LogP contribution in [0, 0.1) is 5.92 Å². The number of amides is 1. The number of aromatic carboxylic acids is 1. The number of rotatable bonds is 6. The molecule has 0 aromatic heterocycles. The Morgan fingerprint density at radius 2 is 2.20 bits per heavy atom. The molecule has 1 aromatic rings. The minimum absolute atomic E-state index is 0.0557. The van der Waals surface area contributed by atoms with Gasteiger partial charge < -0.3 is 20.9 Å². The molecule has 0 saturated heterocycles. The van der Waals surface area contributed by atoms with Gasteiger partial charge in [-0.1, -0.05) is 0 Å². The predicted molar refractivity (Wildman–Crippen MR) is 73.9 cm³/mol. The van der Waals surface area contributed by atoms with Crippen LogP contribution in [0.2, 0.25) is 0 Å². The average Bonchev–Trinajstić information content (AvgIpc) is 3.22. The largest absolute Gasteiger partial charge is 0.496 e. The van der Waals surface area contributed by atoms with Crippen LogP contribution in [0.25, 0.3) is 0 Å². The summed E-state index contributed by atoms with van der Waals surface area (Å²) >= 11 is 0. The Labute approximate surface area is 116 Å². The van der Waals surface area contributed by atoms with Gasteiger partial charge in [0.25, 0.3) is 0 Å². The van der Waals surface area contributed by atoms with E-state index in [1.54, 1.807) is 0 Å². The fraction of sp³-hybridized carbons (Fsp3) is 0.429. The summed E-state index contributed by atoms with van der Waals surface area (Å²) in [7, 11) is 1.39. The van der Waals surface area contributed by atoms with Crippen molar-refractivity contribution in [2.75, 3.05) is 12.4 Å². The summed E-state index contributed by atoms with van der Waals surface area (Å²) in [5.41, 5.74) is 6.45.